The molecule has 0 aliphatic carbocycles. The summed E-state index contributed by atoms with van der Waals surface area (Å²) in [5.41, 5.74) is 2.98. The summed E-state index contributed by atoms with van der Waals surface area (Å²) in [7, 11) is 1.26. The van der Waals surface area contributed by atoms with Gasteiger partial charge in [0.2, 0.25) is 5.82 Å². The Balaban J connectivity index is 2.20. The summed E-state index contributed by atoms with van der Waals surface area (Å²) in [5, 5.41) is 4.27. The molecule has 11 heteroatoms. The van der Waals surface area contributed by atoms with Crippen LogP contribution in [0.4, 0.5) is 17.6 Å². The van der Waals surface area contributed by atoms with Gasteiger partial charge < -0.3 is 4.52 Å². The van der Waals surface area contributed by atoms with Gasteiger partial charge in [-0.25, -0.2) is 9.45 Å². The first kappa shape index (κ1) is 21.6. The molecule has 0 aliphatic rings. The van der Waals surface area contributed by atoms with Crippen LogP contribution >= 0.6 is 11.6 Å². The fourth-order valence-electron chi connectivity index (χ4n) is 2.18. The molecule has 28 heavy (non-hydrogen) atoms. The van der Waals surface area contributed by atoms with Gasteiger partial charge in [0.05, 0.1) is 25.1 Å². The molecule has 1 aromatic carbocycles. The first-order chi connectivity index (χ1) is 13.2. The van der Waals surface area contributed by atoms with Crippen molar-refractivity contribution >= 4 is 17.5 Å². The van der Waals surface area contributed by atoms with Crippen molar-refractivity contribution in [2.24, 2.45) is 0 Å². The largest absolute Gasteiger partial charge is 0.471 e. The van der Waals surface area contributed by atoms with Gasteiger partial charge in [-0.3, -0.25) is 9.63 Å². The summed E-state index contributed by atoms with van der Waals surface area (Å²) in [6.45, 7) is 1.64. The highest BCUT2D eigenvalue weighted by molar-refractivity contribution is 6.19. The Morgan fingerprint density at radius 3 is 2.54 bits per heavy atom. The molecule has 1 unspecified atom stereocenters. The van der Waals surface area contributed by atoms with Crippen LogP contribution in [0.25, 0.3) is 11.4 Å². The second kappa shape index (κ2) is 9.01. The Bertz CT molecular complexity index is 890. The van der Waals surface area contributed by atoms with E-state index in [2.05, 4.69) is 20.4 Å². The molecule has 0 bridgehead atoms. The molecule has 0 aliphatic heterocycles. The minimum Gasteiger partial charge on any atom is -0.329 e. The summed E-state index contributed by atoms with van der Waals surface area (Å²) in [6.07, 6.45) is -3.88. The van der Waals surface area contributed by atoms with Crippen molar-refractivity contribution < 1.29 is 31.7 Å². The maximum Gasteiger partial charge on any atom is 0.471 e. The van der Waals surface area contributed by atoms with Crippen LogP contribution in [0.3, 0.4) is 0 Å². The molecule has 0 radical (unpaired) electrons. The fourth-order valence-corrected chi connectivity index (χ4v) is 2.26. The van der Waals surface area contributed by atoms with E-state index in [1.54, 1.807) is 19.1 Å². The molecule has 0 fully saturated rings. The van der Waals surface area contributed by atoms with Crippen LogP contribution < -0.4 is 0 Å². The summed E-state index contributed by atoms with van der Waals surface area (Å²) in [4.78, 5) is 20.4. The zero-order chi connectivity index (χ0) is 20.9. The van der Waals surface area contributed by atoms with Gasteiger partial charge in [0.25, 0.3) is 5.91 Å². The molecular weight excluding hydrogens is 406 g/mol. The number of hydrogen-bond acceptors (Lipinski definition) is 5. The molecule has 0 saturated heterocycles. The van der Waals surface area contributed by atoms with Crippen LogP contribution in [-0.2, 0) is 15.8 Å². The lowest BCUT2D eigenvalue weighted by Gasteiger charge is -2.25. The standard InChI is InChI=1S/C17H14ClF4N3O3/c1-10(25(27-2)14(26)8-7-13(19)9-18)11-3-5-12(6-4-11)15-23-16(28-24-15)17(20,21)22/h3-6,8,10H,9H2,1-2H3. The average Bonchev–Trinajstić information content (AvgIpc) is 3.17. The molecule has 1 atom stereocenters. The summed E-state index contributed by atoms with van der Waals surface area (Å²) >= 11 is 5.27. The lowest BCUT2D eigenvalue weighted by atomic mass is 10.1. The minimum absolute atomic E-state index is 0.226. The van der Waals surface area contributed by atoms with Gasteiger partial charge in [-0.1, -0.05) is 35.2 Å². The van der Waals surface area contributed by atoms with Gasteiger partial charge >= 0.3 is 12.1 Å². The number of nitrogens with zero attached hydrogens (tertiary/aromatic N) is 3. The number of hydroxylamine groups is 2. The van der Waals surface area contributed by atoms with Gasteiger partial charge in [0, 0.05) is 5.56 Å². The second-order valence-corrected chi connectivity index (χ2v) is 5.66. The first-order valence-electron chi connectivity index (χ1n) is 7.73. The van der Waals surface area contributed by atoms with E-state index in [0.29, 0.717) is 5.56 Å². The van der Waals surface area contributed by atoms with Crippen LogP contribution in [0.1, 0.15) is 24.4 Å². The summed E-state index contributed by atoms with van der Waals surface area (Å²) in [6, 6.07) is 5.46. The molecule has 6 nitrogen and oxygen atoms in total. The van der Waals surface area contributed by atoms with E-state index in [1.165, 1.54) is 19.2 Å². The van der Waals surface area contributed by atoms with E-state index in [9.17, 15) is 22.4 Å². The molecule has 1 amide bonds. The second-order valence-electron chi connectivity index (χ2n) is 5.39. The van der Waals surface area contributed by atoms with Crippen LogP contribution in [-0.4, -0.2) is 34.1 Å². The van der Waals surface area contributed by atoms with Gasteiger partial charge in [-0.05, 0) is 12.5 Å². The summed E-state index contributed by atoms with van der Waals surface area (Å²) in [5.74, 6) is -3.57. The Kier molecular flexibility index (Phi) is 6.95. The lowest BCUT2D eigenvalue weighted by Crippen LogP contribution is -2.31. The Morgan fingerprint density at radius 1 is 1.39 bits per heavy atom. The number of halogens is 5. The smallest absolute Gasteiger partial charge is 0.329 e. The molecule has 1 aromatic heterocycles. The first-order valence-corrected chi connectivity index (χ1v) is 8.26. The highest BCUT2D eigenvalue weighted by Gasteiger charge is 2.38. The number of carbonyl (C=O) groups is 1. The van der Waals surface area contributed by atoms with Crippen LogP contribution in [0.15, 0.2) is 46.4 Å². The number of aromatic nitrogens is 2. The van der Waals surface area contributed by atoms with Crippen LogP contribution in [0.2, 0.25) is 0 Å². The molecule has 0 spiro atoms. The topological polar surface area (TPSA) is 68.5 Å². The normalized spacial score (nSPS) is 12.2. The average molecular weight is 420 g/mol. The van der Waals surface area contributed by atoms with E-state index in [-0.39, 0.29) is 11.4 Å². The zero-order valence-electron chi connectivity index (χ0n) is 14.6. The van der Waals surface area contributed by atoms with E-state index in [4.69, 9.17) is 16.4 Å². The maximum absolute atomic E-state index is 13.0. The number of amides is 1. The Hall–Kier alpha value is -2.68. The molecule has 150 valence electrons. The van der Waals surface area contributed by atoms with E-state index in [0.717, 1.165) is 11.1 Å². The quantitative estimate of drug-likeness (QED) is 0.227. The van der Waals surface area contributed by atoms with Crippen LogP contribution in [0, 0.1) is 0 Å². The zero-order valence-corrected chi connectivity index (χ0v) is 15.4. The molecule has 2 aromatic rings. The molecular formula is C17H14ClF4N3O3. The highest BCUT2D eigenvalue weighted by atomic mass is 35.5. The van der Waals surface area contributed by atoms with Crippen LogP contribution in [0.5, 0.6) is 0 Å². The molecule has 0 saturated carbocycles. The Morgan fingerprint density at radius 2 is 2.04 bits per heavy atom. The lowest BCUT2D eigenvalue weighted by molar-refractivity contribution is -0.182. The van der Waals surface area contributed by atoms with Crippen molar-refractivity contribution in [3.63, 3.8) is 0 Å². The number of benzene rings is 1. The van der Waals surface area contributed by atoms with Crippen molar-refractivity contribution in [1.82, 2.24) is 15.2 Å². The monoisotopic (exact) mass is 419 g/mol. The summed E-state index contributed by atoms with van der Waals surface area (Å²) < 4.78 is 54.8. The Labute approximate surface area is 162 Å². The number of rotatable bonds is 6. The number of carbonyl (C=O) groups excluding carboxylic acids is 1. The van der Waals surface area contributed by atoms with Gasteiger partial charge in [-0.2, -0.15) is 18.2 Å². The van der Waals surface area contributed by atoms with Gasteiger partial charge in [0.1, 0.15) is 0 Å². The minimum atomic E-state index is -4.73. The maximum atomic E-state index is 13.0. The van der Waals surface area contributed by atoms with Crippen molar-refractivity contribution in [3.05, 3.63) is 53.4 Å². The van der Waals surface area contributed by atoms with Gasteiger partial charge in [0.15, 0.2) is 5.83 Å². The van der Waals surface area contributed by atoms with E-state index < -0.39 is 35.7 Å². The highest BCUT2D eigenvalue weighted by Crippen LogP contribution is 2.30. The molecule has 1 heterocycles. The predicted octanol–water partition coefficient (Wildman–Crippen LogP) is 4.45. The predicted molar refractivity (Wildman–Crippen MR) is 90.4 cm³/mol. The van der Waals surface area contributed by atoms with Crippen molar-refractivity contribution in [3.8, 4) is 11.4 Å². The third-order valence-electron chi connectivity index (χ3n) is 3.56. The number of alkyl halides is 4. The third kappa shape index (κ3) is 5.19. The third-order valence-corrected chi connectivity index (χ3v) is 3.79. The molecule has 0 N–H and O–H groups in total. The van der Waals surface area contributed by atoms with Gasteiger partial charge in [-0.15, -0.1) is 11.6 Å². The van der Waals surface area contributed by atoms with E-state index in [1.807, 2.05) is 0 Å². The van der Waals surface area contributed by atoms with Crippen molar-refractivity contribution in [2.75, 3.05) is 13.0 Å². The van der Waals surface area contributed by atoms with Crippen molar-refractivity contribution in [1.29, 1.82) is 0 Å². The number of hydrogen-bond donors (Lipinski definition) is 0. The van der Waals surface area contributed by atoms with E-state index >= 15 is 0 Å². The SMILES string of the molecule is CON(C(=O)C=C=C(F)CCl)C(C)c1ccc(-c2noc(C(F)(F)F)n2)cc1. The fraction of sp³-hybridized carbons (Fsp3) is 0.294. The molecule has 2 rings (SSSR count). The van der Waals surface area contributed by atoms with Crippen molar-refractivity contribution in [2.45, 2.75) is 19.1 Å².